The van der Waals surface area contributed by atoms with Gasteiger partial charge in [-0.25, -0.2) is 0 Å². The molecule has 2 heteroatoms. The van der Waals surface area contributed by atoms with Crippen LogP contribution in [0.3, 0.4) is 0 Å². The Hall–Kier alpha value is 0.440. The van der Waals surface area contributed by atoms with E-state index in [1.165, 1.54) is 83.5 Å². The van der Waals surface area contributed by atoms with Gasteiger partial charge in [-0.15, -0.1) is 0 Å². The molecule has 0 aromatic rings. The molecule has 1 N–H and O–H groups in total. The molecular weight excluding hydrogens is 312 g/mol. The van der Waals surface area contributed by atoms with Crippen molar-refractivity contribution >= 4 is 15.9 Å². The van der Waals surface area contributed by atoms with E-state index in [2.05, 4.69) is 22.9 Å². The normalized spacial score (nSPS) is 12.8. The van der Waals surface area contributed by atoms with Crippen LogP contribution >= 0.6 is 15.9 Å². The standard InChI is InChI=1S/C18H37BrO/c1-2-3-4-5-6-7-8-9-10-11-12-13-15-18(19)16-14-17-20/h18,20H,2-17H2,1H3. The van der Waals surface area contributed by atoms with E-state index >= 15 is 0 Å². The van der Waals surface area contributed by atoms with Crippen LogP contribution in [0.5, 0.6) is 0 Å². The molecule has 20 heavy (non-hydrogen) atoms. The van der Waals surface area contributed by atoms with Crippen LogP contribution in [-0.4, -0.2) is 16.5 Å². The van der Waals surface area contributed by atoms with Gasteiger partial charge in [-0.1, -0.05) is 99.9 Å². The third-order valence-corrected chi connectivity index (χ3v) is 4.96. The fourth-order valence-corrected chi connectivity index (χ4v) is 3.31. The minimum absolute atomic E-state index is 0.334. The van der Waals surface area contributed by atoms with Gasteiger partial charge in [0.1, 0.15) is 0 Å². The van der Waals surface area contributed by atoms with Crippen molar-refractivity contribution in [3.05, 3.63) is 0 Å². The summed E-state index contributed by atoms with van der Waals surface area (Å²) in [5.41, 5.74) is 0. The Morgan fingerprint density at radius 1 is 0.650 bits per heavy atom. The van der Waals surface area contributed by atoms with Gasteiger partial charge in [-0.3, -0.25) is 0 Å². The first kappa shape index (κ1) is 20.4. The van der Waals surface area contributed by atoms with Gasteiger partial charge in [0.25, 0.3) is 0 Å². The highest BCUT2D eigenvalue weighted by Gasteiger charge is 2.02. The van der Waals surface area contributed by atoms with Crippen molar-refractivity contribution in [2.45, 2.75) is 108 Å². The molecule has 0 aliphatic heterocycles. The molecule has 122 valence electrons. The summed E-state index contributed by atoms with van der Waals surface area (Å²) in [7, 11) is 0. The van der Waals surface area contributed by atoms with Gasteiger partial charge < -0.3 is 5.11 Å². The zero-order chi connectivity index (χ0) is 14.9. The SMILES string of the molecule is CCCCCCCCCCCCCCC(Br)CCCO. The maximum Gasteiger partial charge on any atom is 0.0431 e. The fraction of sp³-hybridized carbons (Fsp3) is 1.00. The number of aliphatic hydroxyl groups excluding tert-OH is 1. The average molecular weight is 349 g/mol. The van der Waals surface area contributed by atoms with Gasteiger partial charge in [0.05, 0.1) is 0 Å². The van der Waals surface area contributed by atoms with Crippen molar-refractivity contribution in [2.24, 2.45) is 0 Å². The number of halogens is 1. The van der Waals surface area contributed by atoms with E-state index in [4.69, 9.17) is 5.11 Å². The molecule has 0 saturated heterocycles. The summed E-state index contributed by atoms with van der Waals surface area (Å²) in [5, 5.41) is 8.77. The summed E-state index contributed by atoms with van der Waals surface area (Å²) in [4.78, 5) is 0.623. The number of hydrogen-bond acceptors (Lipinski definition) is 1. The Morgan fingerprint density at radius 3 is 1.50 bits per heavy atom. The van der Waals surface area contributed by atoms with Gasteiger partial charge in [0.15, 0.2) is 0 Å². The second-order valence-corrected chi connectivity index (χ2v) is 7.44. The molecule has 0 aliphatic carbocycles. The van der Waals surface area contributed by atoms with Crippen molar-refractivity contribution in [1.29, 1.82) is 0 Å². The molecule has 0 amide bonds. The zero-order valence-corrected chi connectivity index (χ0v) is 15.3. The van der Waals surface area contributed by atoms with E-state index in [-0.39, 0.29) is 0 Å². The minimum atomic E-state index is 0.334. The van der Waals surface area contributed by atoms with Gasteiger partial charge in [0, 0.05) is 11.4 Å². The average Bonchev–Trinajstić information content (AvgIpc) is 2.46. The first-order valence-electron chi connectivity index (χ1n) is 9.06. The molecule has 0 aliphatic rings. The van der Waals surface area contributed by atoms with Gasteiger partial charge in [-0.05, 0) is 19.3 Å². The Morgan fingerprint density at radius 2 is 1.05 bits per heavy atom. The number of alkyl halides is 1. The van der Waals surface area contributed by atoms with Gasteiger partial charge >= 0.3 is 0 Å². The van der Waals surface area contributed by atoms with Crippen molar-refractivity contribution in [3.8, 4) is 0 Å². The molecule has 0 aromatic heterocycles. The molecule has 0 radical (unpaired) electrons. The summed E-state index contributed by atoms with van der Waals surface area (Å²) >= 11 is 3.70. The molecule has 0 aromatic carbocycles. The lowest BCUT2D eigenvalue weighted by Gasteiger charge is -2.08. The molecule has 0 fully saturated rings. The second-order valence-electron chi connectivity index (χ2n) is 6.14. The third-order valence-electron chi connectivity index (χ3n) is 4.05. The highest BCUT2D eigenvalue weighted by Crippen LogP contribution is 2.17. The number of unbranched alkanes of at least 4 members (excludes halogenated alkanes) is 11. The lowest BCUT2D eigenvalue weighted by Crippen LogP contribution is -1.99. The van der Waals surface area contributed by atoms with Crippen molar-refractivity contribution in [1.82, 2.24) is 0 Å². The van der Waals surface area contributed by atoms with Crippen LogP contribution in [0, 0.1) is 0 Å². The van der Waals surface area contributed by atoms with E-state index in [1.807, 2.05) is 0 Å². The molecular formula is C18H37BrO. The highest BCUT2D eigenvalue weighted by molar-refractivity contribution is 9.09. The van der Waals surface area contributed by atoms with Crippen LogP contribution in [-0.2, 0) is 0 Å². The maximum absolute atomic E-state index is 8.77. The van der Waals surface area contributed by atoms with Crippen LogP contribution < -0.4 is 0 Å². The Labute approximate surface area is 136 Å². The molecule has 1 unspecified atom stereocenters. The molecule has 0 bridgehead atoms. The highest BCUT2D eigenvalue weighted by atomic mass is 79.9. The van der Waals surface area contributed by atoms with E-state index in [0.717, 1.165) is 12.8 Å². The minimum Gasteiger partial charge on any atom is -0.396 e. The van der Waals surface area contributed by atoms with Gasteiger partial charge in [0.2, 0.25) is 0 Å². The monoisotopic (exact) mass is 348 g/mol. The second kappa shape index (κ2) is 17.5. The third kappa shape index (κ3) is 16.5. The Balaban J connectivity index is 3.02. The van der Waals surface area contributed by atoms with E-state index in [9.17, 15) is 0 Å². The largest absolute Gasteiger partial charge is 0.396 e. The maximum atomic E-state index is 8.77. The van der Waals surface area contributed by atoms with E-state index in [1.54, 1.807) is 0 Å². The van der Waals surface area contributed by atoms with Crippen molar-refractivity contribution in [3.63, 3.8) is 0 Å². The van der Waals surface area contributed by atoms with Crippen LogP contribution in [0.4, 0.5) is 0 Å². The fourth-order valence-electron chi connectivity index (χ4n) is 2.66. The first-order valence-corrected chi connectivity index (χ1v) is 9.97. The van der Waals surface area contributed by atoms with Crippen LogP contribution in [0.15, 0.2) is 0 Å². The number of hydrogen-bond donors (Lipinski definition) is 1. The molecule has 0 heterocycles. The Kier molecular flexibility index (Phi) is 17.9. The van der Waals surface area contributed by atoms with E-state index < -0.39 is 0 Å². The quantitative estimate of drug-likeness (QED) is 0.245. The summed E-state index contributed by atoms with van der Waals surface area (Å²) < 4.78 is 0. The van der Waals surface area contributed by atoms with E-state index in [0.29, 0.717) is 11.4 Å². The van der Waals surface area contributed by atoms with Crippen molar-refractivity contribution in [2.75, 3.05) is 6.61 Å². The number of aliphatic hydroxyl groups is 1. The van der Waals surface area contributed by atoms with Crippen LogP contribution in [0.1, 0.15) is 103 Å². The van der Waals surface area contributed by atoms with Crippen LogP contribution in [0.2, 0.25) is 0 Å². The summed E-state index contributed by atoms with van der Waals surface area (Å²) in [6, 6.07) is 0. The Bertz CT molecular complexity index is 173. The molecule has 0 rings (SSSR count). The summed E-state index contributed by atoms with van der Waals surface area (Å²) in [6.45, 7) is 2.62. The predicted octanol–water partition coefficient (Wildman–Crippen LogP) is 6.61. The van der Waals surface area contributed by atoms with Crippen molar-refractivity contribution < 1.29 is 5.11 Å². The molecule has 1 atom stereocenters. The molecule has 1 nitrogen and oxygen atoms in total. The lowest BCUT2D eigenvalue weighted by atomic mass is 10.0. The topological polar surface area (TPSA) is 20.2 Å². The predicted molar refractivity (Wildman–Crippen MR) is 94.7 cm³/mol. The zero-order valence-electron chi connectivity index (χ0n) is 13.7. The smallest absolute Gasteiger partial charge is 0.0431 e. The molecule has 0 spiro atoms. The lowest BCUT2D eigenvalue weighted by molar-refractivity contribution is 0.283. The molecule has 0 saturated carbocycles. The number of rotatable bonds is 16. The first-order chi connectivity index (χ1) is 9.81. The summed E-state index contributed by atoms with van der Waals surface area (Å²) in [6.07, 6.45) is 20.4. The summed E-state index contributed by atoms with van der Waals surface area (Å²) in [5.74, 6) is 0. The van der Waals surface area contributed by atoms with Crippen LogP contribution in [0.25, 0.3) is 0 Å². The van der Waals surface area contributed by atoms with Gasteiger partial charge in [-0.2, -0.15) is 0 Å².